The highest BCUT2D eigenvalue weighted by Gasteiger charge is 2.42. The molecule has 0 aromatic rings. The van der Waals surface area contributed by atoms with E-state index in [0.717, 1.165) is 12.8 Å². The average molecular weight is 433 g/mol. The van der Waals surface area contributed by atoms with Crippen molar-refractivity contribution in [3.05, 3.63) is 0 Å². The molecule has 1 fully saturated rings. The van der Waals surface area contributed by atoms with Crippen LogP contribution in [0.3, 0.4) is 0 Å². The van der Waals surface area contributed by atoms with Crippen LogP contribution < -0.4 is 0 Å². The van der Waals surface area contributed by atoms with Gasteiger partial charge in [0, 0.05) is 6.42 Å². The van der Waals surface area contributed by atoms with Gasteiger partial charge in [0.2, 0.25) is 0 Å². The molecule has 172 valence electrons. The molecular weight excluding hydrogens is 388 g/mol. The normalized spacial score (nSPS) is 22.7. The molecular formula is C23H44O5S. The van der Waals surface area contributed by atoms with Crippen molar-refractivity contribution < 1.29 is 24.8 Å². The van der Waals surface area contributed by atoms with Crippen LogP contribution in [0, 0.1) is 0 Å². The van der Waals surface area contributed by atoms with E-state index in [0.29, 0.717) is 11.5 Å². The second-order valence-electron chi connectivity index (χ2n) is 8.42. The van der Waals surface area contributed by atoms with Crippen LogP contribution >= 0.6 is 12.2 Å². The summed E-state index contributed by atoms with van der Waals surface area (Å²) in [6.07, 6.45) is 15.8. The van der Waals surface area contributed by atoms with Gasteiger partial charge in [0.1, 0.15) is 18.3 Å². The second kappa shape index (κ2) is 17.4. The third kappa shape index (κ3) is 12.2. The molecule has 1 heterocycles. The summed E-state index contributed by atoms with van der Waals surface area (Å²) in [5.74, 6) is 0. The lowest BCUT2D eigenvalue weighted by Crippen LogP contribution is -2.43. The topological polar surface area (TPSA) is 79.2 Å². The third-order valence-electron chi connectivity index (χ3n) is 5.73. The molecule has 0 aliphatic carbocycles. The summed E-state index contributed by atoms with van der Waals surface area (Å²) >= 11 is 5.28. The monoisotopic (exact) mass is 432 g/mol. The van der Waals surface area contributed by atoms with Crippen LogP contribution in [0.4, 0.5) is 0 Å². The molecule has 0 bridgehead atoms. The fraction of sp³-hybridized carbons (Fsp3) is 0.957. The number of unbranched alkanes of at least 4 members (excludes halogenated alkanes) is 13. The molecule has 3 N–H and O–H groups in total. The summed E-state index contributed by atoms with van der Waals surface area (Å²) in [7, 11) is 0. The summed E-state index contributed by atoms with van der Waals surface area (Å²) in [6, 6.07) is 0. The SMILES string of the molecule is CCCCCCCCCCCCCCCCC(=S)O[C@H]1[C@@H]([C@H](O)CO)OC[C@@H]1O. The molecule has 0 unspecified atom stereocenters. The van der Waals surface area contributed by atoms with E-state index < -0.39 is 31.0 Å². The molecule has 0 radical (unpaired) electrons. The highest BCUT2D eigenvalue weighted by atomic mass is 32.1. The molecule has 6 heteroatoms. The van der Waals surface area contributed by atoms with Gasteiger partial charge in [0.15, 0.2) is 11.2 Å². The van der Waals surface area contributed by atoms with Crippen LogP contribution in [0.2, 0.25) is 0 Å². The number of aliphatic hydroxyl groups is 3. The lowest BCUT2D eigenvalue weighted by Gasteiger charge is -2.24. The maximum Gasteiger partial charge on any atom is 0.160 e. The van der Waals surface area contributed by atoms with E-state index in [1.54, 1.807) is 0 Å². The first-order valence-electron chi connectivity index (χ1n) is 11.9. The Bertz CT molecular complexity index is 407. The molecule has 1 rings (SSSR count). The van der Waals surface area contributed by atoms with Gasteiger partial charge in [-0.1, -0.05) is 90.4 Å². The van der Waals surface area contributed by atoms with E-state index in [4.69, 9.17) is 26.8 Å². The number of thiocarbonyl (C=S) groups is 1. The van der Waals surface area contributed by atoms with E-state index in [2.05, 4.69) is 6.92 Å². The largest absolute Gasteiger partial charge is 0.478 e. The van der Waals surface area contributed by atoms with Gasteiger partial charge in [-0.3, -0.25) is 0 Å². The molecule has 1 saturated heterocycles. The highest BCUT2D eigenvalue weighted by Crippen LogP contribution is 2.22. The van der Waals surface area contributed by atoms with Crippen LogP contribution in [0.1, 0.15) is 103 Å². The zero-order valence-corrected chi connectivity index (χ0v) is 19.2. The minimum absolute atomic E-state index is 0.0911. The van der Waals surface area contributed by atoms with Crippen LogP contribution in [-0.2, 0) is 9.47 Å². The van der Waals surface area contributed by atoms with E-state index >= 15 is 0 Å². The van der Waals surface area contributed by atoms with E-state index in [1.165, 1.54) is 77.0 Å². The summed E-state index contributed by atoms with van der Waals surface area (Å²) < 4.78 is 11.0. The number of aliphatic hydroxyl groups excluding tert-OH is 3. The molecule has 1 aliphatic heterocycles. The smallest absolute Gasteiger partial charge is 0.160 e. The fourth-order valence-electron chi connectivity index (χ4n) is 3.87. The van der Waals surface area contributed by atoms with Gasteiger partial charge in [-0.25, -0.2) is 0 Å². The van der Waals surface area contributed by atoms with Gasteiger partial charge in [-0.2, -0.15) is 0 Å². The van der Waals surface area contributed by atoms with Crippen molar-refractivity contribution in [1.29, 1.82) is 0 Å². The molecule has 29 heavy (non-hydrogen) atoms. The van der Waals surface area contributed by atoms with Crippen LogP contribution in [-0.4, -0.2) is 58.0 Å². The van der Waals surface area contributed by atoms with Gasteiger partial charge in [0.25, 0.3) is 0 Å². The predicted molar refractivity (Wildman–Crippen MR) is 121 cm³/mol. The van der Waals surface area contributed by atoms with Crippen molar-refractivity contribution in [3.63, 3.8) is 0 Å². The van der Waals surface area contributed by atoms with E-state index in [1.807, 2.05) is 0 Å². The molecule has 5 nitrogen and oxygen atoms in total. The molecule has 0 spiro atoms. The summed E-state index contributed by atoms with van der Waals surface area (Å²) in [6.45, 7) is 1.93. The zero-order chi connectivity index (χ0) is 21.3. The summed E-state index contributed by atoms with van der Waals surface area (Å²) in [4.78, 5) is 0. The maximum absolute atomic E-state index is 9.94. The summed E-state index contributed by atoms with van der Waals surface area (Å²) in [5.41, 5.74) is 0. The molecule has 1 aliphatic rings. The van der Waals surface area contributed by atoms with Crippen molar-refractivity contribution >= 4 is 17.3 Å². The van der Waals surface area contributed by atoms with Crippen LogP contribution in [0.15, 0.2) is 0 Å². The zero-order valence-electron chi connectivity index (χ0n) is 18.4. The van der Waals surface area contributed by atoms with Gasteiger partial charge >= 0.3 is 0 Å². The number of hydrogen-bond acceptors (Lipinski definition) is 6. The Labute approximate surface area is 183 Å². The number of hydrogen-bond donors (Lipinski definition) is 3. The Balaban J connectivity index is 1.94. The van der Waals surface area contributed by atoms with Crippen molar-refractivity contribution in [2.75, 3.05) is 13.2 Å². The summed E-state index contributed by atoms with van der Waals surface area (Å²) in [5, 5.41) is 29.2. The van der Waals surface area contributed by atoms with Gasteiger partial charge in [0.05, 0.1) is 13.2 Å². The van der Waals surface area contributed by atoms with Crippen molar-refractivity contribution in [2.24, 2.45) is 0 Å². The quantitative estimate of drug-likeness (QED) is 0.215. The first-order valence-corrected chi connectivity index (χ1v) is 12.3. The Morgan fingerprint density at radius 2 is 1.41 bits per heavy atom. The van der Waals surface area contributed by atoms with Gasteiger partial charge < -0.3 is 24.8 Å². The Hall–Kier alpha value is -0.270. The van der Waals surface area contributed by atoms with E-state index in [-0.39, 0.29) is 6.61 Å². The molecule has 0 saturated carbocycles. The van der Waals surface area contributed by atoms with Gasteiger partial charge in [-0.15, -0.1) is 0 Å². The van der Waals surface area contributed by atoms with Crippen LogP contribution in [0.5, 0.6) is 0 Å². The Morgan fingerprint density at radius 1 is 0.931 bits per heavy atom. The molecule has 4 atom stereocenters. The second-order valence-corrected chi connectivity index (χ2v) is 8.87. The third-order valence-corrected chi connectivity index (χ3v) is 6.03. The van der Waals surface area contributed by atoms with Gasteiger partial charge in [-0.05, 0) is 18.6 Å². The first-order chi connectivity index (χ1) is 14.1. The van der Waals surface area contributed by atoms with Crippen molar-refractivity contribution in [2.45, 2.75) is 128 Å². The maximum atomic E-state index is 9.94. The molecule has 0 aromatic carbocycles. The minimum Gasteiger partial charge on any atom is -0.478 e. The Kier molecular flexibility index (Phi) is 16.1. The standard InChI is InChI=1S/C23H44O5S/c1-2-3-4-5-6-7-8-9-10-11-12-13-14-15-16-21(29)28-23-20(26)18-27-22(23)19(25)17-24/h19-20,22-26H,2-18H2,1H3/t19-,20+,22-,23-/m1/s1. The predicted octanol–water partition coefficient (Wildman–Crippen LogP) is 4.68. The number of ether oxygens (including phenoxy) is 2. The van der Waals surface area contributed by atoms with E-state index in [9.17, 15) is 10.2 Å². The molecule has 0 aromatic heterocycles. The lowest BCUT2D eigenvalue weighted by atomic mass is 10.0. The molecule has 0 amide bonds. The minimum atomic E-state index is -1.07. The number of rotatable bonds is 18. The van der Waals surface area contributed by atoms with Crippen molar-refractivity contribution in [3.8, 4) is 0 Å². The average Bonchev–Trinajstić information content (AvgIpc) is 3.07. The lowest BCUT2D eigenvalue weighted by molar-refractivity contribution is -0.0642. The Morgan fingerprint density at radius 3 is 1.90 bits per heavy atom. The van der Waals surface area contributed by atoms with Crippen molar-refractivity contribution in [1.82, 2.24) is 0 Å². The van der Waals surface area contributed by atoms with Crippen LogP contribution in [0.25, 0.3) is 0 Å². The first kappa shape index (κ1) is 26.8. The fourth-order valence-corrected chi connectivity index (χ4v) is 4.13. The highest BCUT2D eigenvalue weighted by molar-refractivity contribution is 7.80.